The Hall–Kier alpha value is -2.77. The number of nitro groups is 2. The molecule has 1 N–H and O–H groups in total. The summed E-state index contributed by atoms with van der Waals surface area (Å²) < 4.78 is 0. The molecule has 1 aromatic rings. The molecule has 0 fully saturated rings. The van der Waals surface area contributed by atoms with Gasteiger partial charge in [-0.1, -0.05) is 6.08 Å². The Morgan fingerprint density at radius 2 is 2.00 bits per heavy atom. The smallest absolute Gasteiger partial charge is 0.272 e. The predicted molar refractivity (Wildman–Crippen MR) is 78.4 cm³/mol. The number of nitro benzene ring substituents is 2. The minimum Gasteiger partial charge on any atom is -0.272 e. The number of benzene rings is 1. The summed E-state index contributed by atoms with van der Waals surface area (Å²) >= 11 is 0. The van der Waals surface area contributed by atoms with E-state index in [-0.39, 0.29) is 17.1 Å². The fraction of sp³-hybridized carbons (Fsp3) is 0.308. The van der Waals surface area contributed by atoms with Crippen molar-refractivity contribution in [2.75, 3.05) is 5.43 Å². The zero-order valence-corrected chi connectivity index (χ0v) is 11.2. The van der Waals surface area contributed by atoms with E-state index in [2.05, 4.69) is 16.6 Å². The number of hydrazone groups is 1. The topological polar surface area (TPSA) is 111 Å². The van der Waals surface area contributed by atoms with Gasteiger partial charge in [-0.2, -0.15) is 5.10 Å². The van der Waals surface area contributed by atoms with Gasteiger partial charge in [0.1, 0.15) is 5.69 Å². The van der Waals surface area contributed by atoms with Crippen LogP contribution in [0.2, 0.25) is 0 Å². The van der Waals surface area contributed by atoms with E-state index in [0.717, 1.165) is 30.9 Å². The number of nitrogens with one attached hydrogen (secondary N) is 1. The maximum atomic E-state index is 10.9. The third kappa shape index (κ3) is 3.85. The van der Waals surface area contributed by atoms with Crippen molar-refractivity contribution in [2.24, 2.45) is 5.10 Å². The Bertz CT molecular complexity index is 625. The fourth-order valence-electron chi connectivity index (χ4n) is 2.04. The van der Waals surface area contributed by atoms with Crippen LogP contribution in [0.3, 0.4) is 0 Å². The Morgan fingerprint density at radius 1 is 1.19 bits per heavy atom. The minimum absolute atomic E-state index is 0.123. The quantitative estimate of drug-likeness (QED) is 0.507. The van der Waals surface area contributed by atoms with E-state index in [1.54, 1.807) is 6.21 Å². The number of hydrogen-bond donors (Lipinski definition) is 1. The van der Waals surface area contributed by atoms with E-state index in [1.165, 1.54) is 18.6 Å². The van der Waals surface area contributed by atoms with Gasteiger partial charge in [0, 0.05) is 6.07 Å². The summed E-state index contributed by atoms with van der Waals surface area (Å²) in [4.78, 5) is 20.2. The van der Waals surface area contributed by atoms with Crippen molar-refractivity contribution in [3.63, 3.8) is 0 Å². The molecule has 21 heavy (non-hydrogen) atoms. The number of allylic oxidation sites excluding steroid dienone is 2. The van der Waals surface area contributed by atoms with E-state index in [9.17, 15) is 20.2 Å². The van der Waals surface area contributed by atoms with Crippen molar-refractivity contribution in [3.05, 3.63) is 50.1 Å². The van der Waals surface area contributed by atoms with Crippen LogP contribution < -0.4 is 5.43 Å². The molecule has 0 heterocycles. The zero-order valence-electron chi connectivity index (χ0n) is 11.2. The summed E-state index contributed by atoms with van der Waals surface area (Å²) in [5.41, 5.74) is 3.07. The number of anilines is 1. The van der Waals surface area contributed by atoms with Crippen molar-refractivity contribution < 1.29 is 9.85 Å². The second-order valence-electron chi connectivity index (χ2n) is 4.61. The van der Waals surface area contributed by atoms with E-state index >= 15 is 0 Å². The fourth-order valence-corrected chi connectivity index (χ4v) is 2.04. The normalized spacial score (nSPS) is 14.8. The molecule has 8 nitrogen and oxygen atoms in total. The van der Waals surface area contributed by atoms with Crippen LogP contribution >= 0.6 is 0 Å². The standard InChI is InChI=1S/C13H14N4O4/c18-16(19)11-6-7-12(13(8-11)17(20)21)15-14-9-10-4-2-1-3-5-10/h4,6-9,15H,1-3,5H2/b14-9-. The summed E-state index contributed by atoms with van der Waals surface area (Å²) in [6, 6.07) is 3.39. The van der Waals surface area contributed by atoms with Gasteiger partial charge in [0.25, 0.3) is 5.69 Å². The highest BCUT2D eigenvalue weighted by Gasteiger charge is 2.19. The molecule has 0 saturated carbocycles. The van der Waals surface area contributed by atoms with Crippen LogP contribution in [0.25, 0.3) is 0 Å². The summed E-state index contributed by atoms with van der Waals surface area (Å²) in [5, 5.41) is 25.5. The zero-order chi connectivity index (χ0) is 15.2. The number of hydrogen-bond acceptors (Lipinski definition) is 6. The van der Waals surface area contributed by atoms with Gasteiger partial charge in [0.05, 0.1) is 22.1 Å². The highest BCUT2D eigenvalue weighted by Crippen LogP contribution is 2.28. The molecule has 0 bridgehead atoms. The van der Waals surface area contributed by atoms with Gasteiger partial charge < -0.3 is 0 Å². The van der Waals surface area contributed by atoms with Crippen LogP contribution in [0.15, 0.2) is 34.9 Å². The first-order valence-corrected chi connectivity index (χ1v) is 6.49. The van der Waals surface area contributed by atoms with Gasteiger partial charge in [-0.3, -0.25) is 25.7 Å². The third-order valence-corrected chi connectivity index (χ3v) is 3.13. The molecule has 1 aliphatic carbocycles. The highest BCUT2D eigenvalue weighted by atomic mass is 16.6. The van der Waals surface area contributed by atoms with E-state index in [0.29, 0.717) is 0 Å². The first-order valence-electron chi connectivity index (χ1n) is 6.49. The van der Waals surface area contributed by atoms with E-state index in [4.69, 9.17) is 0 Å². The summed E-state index contributed by atoms with van der Waals surface area (Å²) in [5.74, 6) is 0. The largest absolute Gasteiger partial charge is 0.301 e. The Balaban J connectivity index is 2.15. The van der Waals surface area contributed by atoms with Gasteiger partial charge in [-0.15, -0.1) is 0 Å². The average Bonchev–Trinajstić information content (AvgIpc) is 2.48. The predicted octanol–water partition coefficient (Wildman–Crippen LogP) is 3.40. The van der Waals surface area contributed by atoms with Crippen molar-refractivity contribution >= 4 is 23.3 Å². The molecule has 0 aromatic heterocycles. The second kappa shape index (κ2) is 6.60. The van der Waals surface area contributed by atoms with Crippen molar-refractivity contribution in [1.82, 2.24) is 0 Å². The molecule has 8 heteroatoms. The molecule has 1 aliphatic rings. The molecule has 0 atom stereocenters. The molecule has 0 spiro atoms. The highest BCUT2D eigenvalue weighted by molar-refractivity contribution is 5.79. The molecule has 1 aromatic carbocycles. The molecule has 0 saturated heterocycles. The molecule has 0 unspecified atom stereocenters. The number of non-ortho nitro benzene ring substituents is 1. The molecule has 2 rings (SSSR count). The summed E-state index contributed by atoms with van der Waals surface area (Å²) in [6.45, 7) is 0. The maximum absolute atomic E-state index is 10.9. The van der Waals surface area contributed by atoms with Crippen molar-refractivity contribution in [3.8, 4) is 0 Å². The molecule has 0 amide bonds. The number of rotatable bonds is 5. The van der Waals surface area contributed by atoms with Crippen LogP contribution in [0.4, 0.5) is 17.1 Å². The lowest BCUT2D eigenvalue weighted by Gasteiger charge is -2.07. The lowest BCUT2D eigenvalue weighted by atomic mass is 10.0. The first kappa shape index (κ1) is 14.6. The van der Waals surface area contributed by atoms with Crippen LogP contribution in [0.5, 0.6) is 0 Å². The summed E-state index contributed by atoms with van der Waals surface area (Å²) in [6.07, 6.45) is 7.93. The number of nitrogens with zero attached hydrogens (tertiary/aromatic N) is 3. The average molecular weight is 290 g/mol. The van der Waals surface area contributed by atoms with Gasteiger partial charge >= 0.3 is 5.69 Å². The first-order chi connectivity index (χ1) is 10.1. The van der Waals surface area contributed by atoms with Crippen molar-refractivity contribution in [2.45, 2.75) is 25.7 Å². The molecule has 0 radical (unpaired) electrons. The van der Waals surface area contributed by atoms with E-state index < -0.39 is 9.85 Å². The molecular weight excluding hydrogens is 276 g/mol. The molecule has 110 valence electrons. The minimum atomic E-state index is -0.676. The second-order valence-corrected chi connectivity index (χ2v) is 4.61. The van der Waals surface area contributed by atoms with Gasteiger partial charge in [0.2, 0.25) is 0 Å². The van der Waals surface area contributed by atoms with Crippen LogP contribution in [0.1, 0.15) is 25.7 Å². The Morgan fingerprint density at radius 3 is 2.62 bits per heavy atom. The lowest BCUT2D eigenvalue weighted by Crippen LogP contribution is -1.99. The molecule has 0 aliphatic heterocycles. The lowest BCUT2D eigenvalue weighted by molar-refractivity contribution is -0.393. The maximum Gasteiger partial charge on any atom is 0.301 e. The SMILES string of the molecule is O=[N+]([O-])c1ccc(N/N=C\C2=CCCCC2)c([N+](=O)[O-])c1. The van der Waals surface area contributed by atoms with E-state index in [1.807, 2.05) is 0 Å². The van der Waals surface area contributed by atoms with Crippen LogP contribution in [-0.4, -0.2) is 16.1 Å². The van der Waals surface area contributed by atoms with Crippen molar-refractivity contribution in [1.29, 1.82) is 0 Å². The van der Waals surface area contributed by atoms with Gasteiger partial charge in [-0.25, -0.2) is 0 Å². The Kier molecular flexibility index (Phi) is 4.60. The van der Waals surface area contributed by atoms with Crippen LogP contribution in [0, 0.1) is 20.2 Å². The molecular formula is C13H14N4O4. The summed E-state index contributed by atoms with van der Waals surface area (Å²) in [7, 11) is 0. The third-order valence-electron chi connectivity index (χ3n) is 3.13. The monoisotopic (exact) mass is 290 g/mol. The van der Waals surface area contributed by atoms with Gasteiger partial charge in [-0.05, 0) is 37.3 Å². The Labute approximate surface area is 120 Å². The van der Waals surface area contributed by atoms with Crippen LogP contribution in [-0.2, 0) is 0 Å². The van der Waals surface area contributed by atoms with Gasteiger partial charge in [0.15, 0.2) is 0 Å².